The van der Waals surface area contributed by atoms with Crippen molar-refractivity contribution in [1.82, 2.24) is 4.90 Å². The molecule has 1 aliphatic heterocycles. The molecule has 1 fully saturated rings. The summed E-state index contributed by atoms with van der Waals surface area (Å²) in [6.07, 6.45) is 6.34. The zero-order valence-electron chi connectivity index (χ0n) is 11.8. The Labute approximate surface area is 121 Å². The molecule has 1 aromatic carbocycles. The smallest absolute Gasteiger partial charge is 0.124 e. The van der Waals surface area contributed by atoms with E-state index in [0.29, 0.717) is 0 Å². The average molecular weight is 282 g/mol. The molecule has 19 heavy (non-hydrogen) atoms. The topological polar surface area (TPSA) is 12.5 Å². The van der Waals surface area contributed by atoms with Crippen molar-refractivity contribution in [2.75, 3.05) is 26.2 Å². The molecule has 3 heteroatoms. The van der Waals surface area contributed by atoms with Gasteiger partial charge in [0.25, 0.3) is 0 Å². The molecular weight excluding hydrogens is 258 g/mol. The van der Waals surface area contributed by atoms with Crippen molar-refractivity contribution in [2.45, 2.75) is 39.0 Å². The van der Waals surface area contributed by atoms with Crippen molar-refractivity contribution in [1.29, 1.82) is 0 Å². The van der Waals surface area contributed by atoms with Gasteiger partial charge in [-0.3, -0.25) is 4.90 Å². The maximum atomic E-state index is 6.19. The van der Waals surface area contributed by atoms with Crippen molar-refractivity contribution >= 4 is 11.6 Å². The zero-order chi connectivity index (χ0) is 13.5. The number of likely N-dealkylation sites (tertiary alicyclic amines) is 1. The van der Waals surface area contributed by atoms with Gasteiger partial charge in [0.05, 0.1) is 0 Å². The van der Waals surface area contributed by atoms with Crippen LogP contribution in [-0.2, 0) is 6.42 Å². The van der Waals surface area contributed by atoms with Gasteiger partial charge >= 0.3 is 0 Å². The first kappa shape index (κ1) is 14.7. The highest BCUT2D eigenvalue weighted by atomic mass is 35.5. The molecule has 0 aromatic heterocycles. The first-order valence-corrected chi connectivity index (χ1v) is 7.81. The Bertz CT molecular complexity index is 386. The number of halogens is 1. The second-order valence-corrected chi connectivity index (χ2v) is 5.58. The molecule has 1 heterocycles. The van der Waals surface area contributed by atoms with Crippen LogP contribution in [0.25, 0.3) is 0 Å². The highest BCUT2D eigenvalue weighted by Crippen LogP contribution is 2.26. The SMILES string of the molecule is CCc1c(Cl)cccc1OCCN1CCCCCC1. The van der Waals surface area contributed by atoms with Crippen LogP contribution in [-0.4, -0.2) is 31.1 Å². The summed E-state index contributed by atoms with van der Waals surface area (Å²) in [6.45, 7) is 6.34. The van der Waals surface area contributed by atoms with Crippen LogP contribution in [0.4, 0.5) is 0 Å². The van der Waals surface area contributed by atoms with E-state index in [0.717, 1.165) is 35.9 Å². The van der Waals surface area contributed by atoms with Crippen molar-refractivity contribution in [3.05, 3.63) is 28.8 Å². The standard InChI is InChI=1S/C16H24ClNO/c1-2-14-15(17)8-7-9-16(14)19-13-12-18-10-5-3-4-6-11-18/h7-9H,2-6,10-13H2,1H3. The average Bonchev–Trinajstić information content (AvgIpc) is 2.68. The number of hydrogen-bond donors (Lipinski definition) is 0. The molecule has 0 spiro atoms. The summed E-state index contributed by atoms with van der Waals surface area (Å²) in [6, 6.07) is 5.91. The summed E-state index contributed by atoms with van der Waals surface area (Å²) < 4.78 is 5.93. The monoisotopic (exact) mass is 281 g/mol. The first-order chi connectivity index (χ1) is 9.31. The summed E-state index contributed by atoms with van der Waals surface area (Å²) in [7, 11) is 0. The van der Waals surface area contributed by atoms with Gasteiger partial charge in [0.2, 0.25) is 0 Å². The van der Waals surface area contributed by atoms with Gasteiger partial charge in [-0.2, -0.15) is 0 Å². The molecule has 0 bridgehead atoms. The van der Waals surface area contributed by atoms with Crippen LogP contribution >= 0.6 is 11.6 Å². The van der Waals surface area contributed by atoms with Crippen LogP contribution in [0, 0.1) is 0 Å². The lowest BCUT2D eigenvalue weighted by Gasteiger charge is -2.20. The van der Waals surface area contributed by atoms with E-state index >= 15 is 0 Å². The van der Waals surface area contributed by atoms with E-state index in [1.54, 1.807) is 0 Å². The number of nitrogens with zero attached hydrogens (tertiary/aromatic N) is 1. The Balaban J connectivity index is 1.83. The zero-order valence-corrected chi connectivity index (χ0v) is 12.6. The lowest BCUT2D eigenvalue weighted by molar-refractivity contribution is 0.213. The molecule has 1 aliphatic rings. The Morgan fingerprint density at radius 2 is 1.89 bits per heavy atom. The molecule has 2 rings (SSSR count). The third-order valence-corrected chi connectivity index (χ3v) is 4.15. The van der Waals surface area contributed by atoms with E-state index in [9.17, 15) is 0 Å². The molecule has 0 unspecified atom stereocenters. The van der Waals surface area contributed by atoms with E-state index < -0.39 is 0 Å². The minimum Gasteiger partial charge on any atom is -0.492 e. The lowest BCUT2D eigenvalue weighted by atomic mass is 10.1. The van der Waals surface area contributed by atoms with Crippen molar-refractivity contribution in [3.63, 3.8) is 0 Å². The first-order valence-electron chi connectivity index (χ1n) is 7.44. The predicted octanol–water partition coefficient (Wildman–Crippen LogP) is 4.16. The fourth-order valence-electron chi connectivity index (χ4n) is 2.66. The Kier molecular flexibility index (Phi) is 5.99. The van der Waals surface area contributed by atoms with Crippen molar-refractivity contribution in [3.8, 4) is 5.75 Å². The van der Waals surface area contributed by atoms with Gasteiger partial charge in [-0.1, -0.05) is 37.4 Å². The van der Waals surface area contributed by atoms with E-state index in [-0.39, 0.29) is 0 Å². The Hall–Kier alpha value is -0.730. The van der Waals surface area contributed by atoms with Gasteiger partial charge < -0.3 is 4.74 Å². The molecule has 0 aliphatic carbocycles. The summed E-state index contributed by atoms with van der Waals surface area (Å²) in [4.78, 5) is 2.52. The molecule has 0 radical (unpaired) electrons. The van der Waals surface area contributed by atoms with Gasteiger partial charge in [-0.25, -0.2) is 0 Å². The van der Waals surface area contributed by atoms with Crippen LogP contribution < -0.4 is 4.74 Å². The predicted molar refractivity (Wildman–Crippen MR) is 81.2 cm³/mol. The number of rotatable bonds is 5. The van der Waals surface area contributed by atoms with Crippen LogP contribution in [0.2, 0.25) is 5.02 Å². The quantitative estimate of drug-likeness (QED) is 0.804. The summed E-state index contributed by atoms with van der Waals surface area (Å²) in [5.74, 6) is 0.949. The Morgan fingerprint density at radius 1 is 1.16 bits per heavy atom. The lowest BCUT2D eigenvalue weighted by Crippen LogP contribution is -2.29. The molecule has 1 aromatic rings. The highest BCUT2D eigenvalue weighted by Gasteiger charge is 2.10. The van der Waals surface area contributed by atoms with E-state index in [2.05, 4.69) is 11.8 Å². The normalized spacial score (nSPS) is 17.2. The van der Waals surface area contributed by atoms with Crippen LogP contribution in [0.15, 0.2) is 18.2 Å². The molecule has 0 atom stereocenters. The van der Waals surface area contributed by atoms with Gasteiger partial charge in [0.15, 0.2) is 0 Å². The van der Waals surface area contributed by atoms with Gasteiger partial charge in [0, 0.05) is 17.1 Å². The minimum atomic E-state index is 0.757. The molecular formula is C16H24ClNO. The fourth-order valence-corrected chi connectivity index (χ4v) is 2.96. The molecule has 1 saturated heterocycles. The van der Waals surface area contributed by atoms with Crippen LogP contribution in [0.5, 0.6) is 5.75 Å². The minimum absolute atomic E-state index is 0.757. The van der Waals surface area contributed by atoms with Crippen molar-refractivity contribution in [2.24, 2.45) is 0 Å². The molecule has 0 saturated carbocycles. The maximum Gasteiger partial charge on any atom is 0.124 e. The molecule has 2 nitrogen and oxygen atoms in total. The van der Waals surface area contributed by atoms with Crippen LogP contribution in [0.1, 0.15) is 38.2 Å². The number of ether oxygens (including phenoxy) is 1. The van der Waals surface area contributed by atoms with Gasteiger partial charge in [-0.15, -0.1) is 0 Å². The Morgan fingerprint density at radius 3 is 2.58 bits per heavy atom. The molecule has 0 amide bonds. The van der Waals surface area contributed by atoms with Crippen molar-refractivity contribution < 1.29 is 4.74 Å². The van der Waals surface area contributed by atoms with E-state index in [1.165, 1.54) is 38.8 Å². The van der Waals surface area contributed by atoms with E-state index in [1.807, 2.05) is 18.2 Å². The molecule has 0 N–H and O–H groups in total. The highest BCUT2D eigenvalue weighted by molar-refractivity contribution is 6.31. The van der Waals surface area contributed by atoms with Gasteiger partial charge in [-0.05, 0) is 44.5 Å². The summed E-state index contributed by atoms with van der Waals surface area (Å²) >= 11 is 6.19. The fraction of sp³-hybridized carbons (Fsp3) is 0.625. The van der Waals surface area contributed by atoms with Crippen LogP contribution in [0.3, 0.4) is 0 Å². The third-order valence-electron chi connectivity index (χ3n) is 3.79. The molecule has 106 valence electrons. The summed E-state index contributed by atoms with van der Waals surface area (Å²) in [5.41, 5.74) is 1.13. The maximum absolute atomic E-state index is 6.19. The van der Waals surface area contributed by atoms with E-state index in [4.69, 9.17) is 16.3 Å². The summed E-state index contributed by atoms with van der Waals surface area (Å²) in [5, 5.41) is 0.815. The largest absolute Gasteiger partial charge is 0.492 e. The third kappa shape index (κ3) is 4.39. The number of benzene rings is 1. The van der Waals surface area contributed by atoms with Gasteiger partial charge in [0.1, 0.15) is 12.4 Å². The number of hydrogen-bond acceptors (Lipinski definition) is 2. The second-order valence-electron chi connectivity index (χ2n) is 5.17. The second kappa shape index (κ2) is 7.76.